The van der Waals surface area contributed by atoms with E-state index in [4.69, 9.17) is 0 Å². The van der Waals surface area contributed by atoms with Crippen LogP contribution in [-0.4, -0.2) is 56.9 Å². The molecule has 0 saturated heterocycles. The monoisotopic (exact) mass is 778 g/mol. The molecule has 0 saturated carbocycles. The van der Waals surface area contributed by atoms with Crippen molar-refractivity contribution >= 4 is 43.8 Å². The van der Waals surface area contributed by atoms with Gasteiger partial charge in [0.1, 0.15) is 11.6 Å². The second kappa shape index (κ2) is 16.0. The molecule has 6 aromatic rings. The SMILES string of the molecule is CN(C)C(=O)Sc1ccc(C2(c3ccc(SC(=O)N(C)C)cc3)c3ccccc3-c3ccccc32)cc1.O=S(=O)(c1ccc(F)cc1)c1ccc(F)cc1. The molecule has 54 heavy (non-hydrogen) atoms. The number of hydrogen-bond acceptors (Lipinski definition) is 6. The van der Waals surface area contributed by atoms with Gasteiger partial charge in [0, 0.05) is 38.0 Å². The molecule has 0 N–H and O–H groups in total. The quantitative estimate of drug-likeness (QED) is 0.124. The molecule has 6 nitrogen and oxygen atoms in total. The number of halogens is 2. The molecule has 11 heteroatoms. The van der Waals surface area contributed by atoms with E-state index in [1.54, 1.807) is 38.0 Å². The van der Waals surface area contributed by atoms with Crippen molar-refractivity contribution in [1.82, 2.24) is 9.80 Å². The molecule has 0 radical (unpaired) electrons. The smallest absolute Gasteiger partial charge is 0.285 e. The van der Waals surface area contributed by atoms with Crippen LogP contribution >= 0.6 is 23.5 Å². The number of nitrogens with zero attached hydrogens (tertiary/aromatic N) is 2. The summed E-state index contributed by atoms with van der Waals surface area (Å²) in [5, 5.41) is -0.00115. The maximum absolute atomic E-state index is 12.7. The summed E-state index contributed by atoms with van der Waals surface area (Å²) in [4.78, 5) is 29.5. The minimum absolute atomic E-state index is 0.000573. The first kappa shape index (κ1) is 38.5. The van der Waals surface area contributed by atoms with Crippen molar-refractivity contribution in [3.8, 4) is 11.1 Å². The van der Waals surface area contributed by atoms with Crippen LogP contribution in [0.25, 0.3) is 11.1 Å². The first-order chi connectivity index (χ1) is 25.8. The van der Waals surface area contributed by atoms with Crippen LogP contribution in [0.15, 0.2) is 165 Å². The molecule has 0 fully saturated rings. The molecular weight excluding hydrogens is 743 g/mol. The molecule has 0 bridgehead atoms. The summed E-state index contributed by atoms with van der Waals surface area (Å²) in [5.74, 6) is -1.02. The van der Waals surface area contributed by atoms with Crippen molar-refractivity contribution in [3.63, 3.8) is 0 Å². The third-order valence-electron chi connectivity index (χ3n) is 8.92. The van der Waals surface area contributed by atoms with Gasteiger partial charge in [0.05, 0.1) is 15.2 Å². The Labute approximate surface area is 322 Å². The fraction of sp³-hybridized carbons (Fsp3) is 0.116. The molecular formula is C43H36F2N2O4S3. The lowest BCUT2D eigenvalue weighted by Gasteiger charge is -2.34. The zero-order valence-corrected chi connectivity index (χ0v) is 32.3. The largest absolute Gasteiger partial charge is 0.339 e. The average Bonchev–Trinajstić information content (AvgIpc) is 3.47. The van der Waals surface area contributed by atoms with Gasteiger partial charge in [-0.15, -0.1) is 0 Å². The Balaban J connectivity index is 0.000000244. The highest BCUT2D eigenvalue weighted by atomic mass is 32.2. The van der Waals surface area contributed by atoms with Crippen LogP contribution in [0.4, 0.5) is 18.4 Å². The number of hydrogen-bond donors (Lipinski definition) is 0. The van der Waals surface area contributed by atoms with E-state index in [0.29, 0.717) is 0 Å². The normalized spacial score (nSPS) is 12.5. The second-order valence-corrected chi connectivity index (χ2v) is 16.8. The number of benzene rings is 6. The van der Waals surface area contributed by atoms with Gasteiger partial charge in [0.15, 0.2) is 0 Å². The van der Waals surface area contributed by atoms with E-state index < -0.39 is 26.9 Å². The van der Waals surface area contributed by atoms with E-state index in [-0.39, 0.29) is 20.3 Å². The lowest BCUT2D eigenvalue weighted by Crippen LogP contribution is -2.28. The summed E-state index contributed by atoms with van der Waals surface area (Å²) < 4.78 is 49.4. The molecule has 1 aliphatic carbocycles. The number of sulfone groups is 1. The molecule has 274 valence electrons. The van der Waals surface area contributed by atoms with Gasteiger partial charge in [-0.25, -0.2) is 17.2 Å². The van der Waals surface area contributed by atoms with Crippen LogP contribution in [-0.2, 0) is 15.3 Å². The van der Waals surface area contributed by atoms with E-state index in [2.05, 4.69) is 72.8 Å². The van der Waals surface area contributed by atoms with Crippen molar-refractivity contribution in [1.29, 1.82) is 0 Å². The summed E-state index contributed by atoms with van der Waals surface area (Å²) >= 11 is 2.45. The van der Waals surface area contributed by atoms with E-state index >= 15 is 0 Å². The Morgan fingerprint density at radius 2 is 0.833 bits per heavy atom. The second-order valence-electron chi connectivity index (χ2n) is 12.8. The Kier molecular flexibility index (Phi) is 11.4. The van der Waals surface area contributed by atoms with Crippen LogP contribution in [0, 0.1) is 11.6 Å². The predicted molar refractivity (Wildman–Crippen MR) is 212 cm³/mol. The maximum Gasteiger partial charge on any atom is 0.285 e. The minimum atomic E-state index is -3.71. The number of rotatable bonds is 6. The Morgan fingerprint density at radius 1 is 0.500 bits per heavy atom. The van der Waals surface area contributed by atoms with E-state index in [1.807, 2.05) is 24.3 Å². The fourth-order valence-electron chi connectivity index (χ4n) is 6.32. The number of carbonyl (C=O) groups excluding carboxylic acids is 2. The van der Waals surface area contributed by atoms with Gasteiger partial charge >= 0.3 is 0 Å². The molecule has 6 aromatic carbocycles. The number of thioether (sulfide) groups is 2. The molecule has 1 aliphatic rings. The fourth-order valence-corrected chi connectivity index (χ4v) is 8.89. The molecule has 0 unspecified atom stereocenters. The molecule has 7 rings (SSSR count). The average molecular weight is 779 g/mol. The molecule has 0 heterocycles. The van der Waals surface area contributed by atoms with Gasteiger partial charge in [0.2, 0.25) is 9.84 Å². The zero-order chi connectivity index (χ0) is 38.6. The highest BCUT2D eigenvalue weighted by molar-refractivity contribution is 8.13. The van der Waals surface area contributed by atoms with Crippen molar-refractivity contribution in [3.05, 3.63) is 179 Å². The third-order valence-corrected chi connectivity index (χ3v) is 12.8. The number of amides is 2. The Hall–Kier alpha value is -5.23. The van der Waals surface area contributed by atoms with Gasteiger partial charge in [0.25, 0.3) is 10.5 Å². The first-order valence-electron chi connectivity index (χ1n) is 16.8. The topological polar surface area (TPSA) is 74.8 Å². The van der Waals surface area contributed by atoms with Gasteiger partial charge in [-0.2, -0.15) is 0 Å². The number of fused-ring (bicyclic) bond motifs is 3. The van der Waals surface area contributed by atoms with Crippen LogP contribution in [0.3, 0.4) is 0 Å². The molecule has 2 amide bonds. The zero-order valence-electron chi connectivity index (χ0n) is 29.9. The van der Waals surface area contributed by atoms with Crippen molar-refractivity contribution in [2.45, 2.75) is 25.0 Å². The van der Waals surface area contributed by atoms with Crippen molar-refractivity contribution in [2.75, 3.05) is 28.2 Å². The van der Waals surface area contributed by atoms with E-state index in [0.717, 1.165) is 45.2 Å². The lowest BCUT2D eigenvalue weighted by atomic mass is 9.68. The van der Waals surface area contributed by atoms with Gasteiger partial charge in [-0.3, -0.25) is 9.59 Å². The predicted octanol–water partition coefficient (Wildman–Crippen LogP) is 10.4. The first-order valence-corrected chi connectivity index (χ1v) is 19.9. The summed E-state index contributed by atoms with van der Waals surface area (Å²) in [7, 11) is 3.35. The van der Waals surface area contributed by atoms with Gasteiger partial charge in [-0.05, 0) is 130 Å². The molecule has 0 aromatic heterocycles. The number of carbonyl (C=O) groups is 2. The Morgan fingerprint density at radius 3 is 1.17 bits per heavy atom. The van der Waals surface area contributed by atoms with Crippen LogP contribution < -0.4 is 0 Å². The van der Waals surface area contributed by atoms with Crippen molar-refractivity contribution < 1.29 is 26.8 Å². The van der Waals surface area contributed by atoms with Crippen LogP contribution in [0.1, 0.15) is 22.3 Å². The third kappa shape index (κ3) is 7.70. The van der Waals surface area contributed by atoms with E-state index in [1.165, 1.54) is 70.0 Å². The van der Waals surface area contributed by atoms with Crippen LogP contribution in [0.5, 0.6) is 0 Å². The van der Waals surface area contributed by atoms with Crippen molar-refractivity contribution in [2.24, 2.45) is 0 Å². The highest BCUT2D eigenvalue weighted by Crippen LogP contribution is 2.56. The Bertz CT molecular complexity index is 2240. The summed E-state index contributed by atoms with van der Waals surface area (Å²) in [6.07, 6.45) is 0. The highest BCUT2D eigenvalue weighted by Gasteiger charge is 2.45. The maximum atomic E-state index is 12.7. The minimum Gasteiger partial charge on any atom is -0.339 e. The summed E-state index contributed by atoms with van der Waals surface area (Å²) in [6, 6.07) is 42.8. The van der Waals surface area contributed by atoms with Gasteiger partial charge in [-0.1, -0.05) is 72.8 Å². The molecule has 0 aliphatic heterocycles. The van der Waals surface area contributed by atoms with E-state index in [9.17, 15) is 26.8 Å². The molecule has 0 spiro atoms. The van der Waals surface area contributed by atoms with Gasteiger partial charge < -0.3 is 9.80 Å². The summed E-state index contributed by atoms with van der Waals surface area (Å²) in [6.45, 7) is 0. The summed E-state index contributed by atoms with van der Waals surface area (Å²) in [5.41, 5.74) is 6.65. The standard InChI is InChI=1S/C31H28N2O2S2.C12H8F2O2S/c1-32(2)29(34)36-23-17-13-21(14-18-23)31(22-15-19-24(20-16-22)37-30(35)33(3)4)27-11-7-5-9-25(27)26-10-6-8-12-28(26)31;13-9-1-5-11(6-2-9)17(15,16)12-7-3-10(14)4-8-12/h5-20H,1-4H3;1-8H. The molecule has 0 atom stereocenters. The van der Waals surface area contributed by atoms with Crippen LogP contribution in [0.2, 0.25) is 0 Å². The lowest BCUT2D eigenvalue weighted by molar-refractivity contribution is 0.240.